The van der Waals surface area contributed by atoms with Gasteiger partial charge in [0.05, 0.1) is 70.3 Å². The lowest BCUT2D eigenvalue weighted by atomic mass is 10.0. The van der Waals surface area contributed by atoms with Crippen LogP contribution in [0.5, 0.6) is 23.0 Å². The van der Waals surface area contributed by atoms with Gasteiger partial charge in [0.15, 0.2) is 23.0 Å². The van der Waals surface area contributed by atoms with Crippen molar-refractivity contribution in [3.8, 4) is 68.9 Å². The van der Waals surface area contributed by atoms with E-state index in [1.807, 2.05) is 83.6 Å². The van der Waals surface area contributed by atoms with Crippen LogP contribution >= 0.6 is 22.7 Å². The highest BCUT2D eigenvalue weighted by Gasteiger charge is 2.21. The largest absolute Gasteiger partial charge is 0.485 e. The Bertz CT molecular complexity index is 3280. The van der Waals surface area contributed by atoms with Crippen LogP contribution in [0.15, 0.2) is 83.6 Å². The molecule has 0 radical (unpaired) electrons. The molecule has 66 heavy (non-hydrogen) atoms. The van der Waals surface area contributed by atoms with Gasteiger partial charge in [0.1, 0.15) is 36.2 Å². The smallest absolute Gasteiger partial charge is 0.337 e. The molecule has 0 spiro atoms. The lowest BCUT2D eigenvalue weighted by molar-refractivity contribution is 0.0592. The van der Waals surface area contributed by atoms with Crippen LogP contribution in [0.2, 0.25) is 0 Å². The molecule has 8 bridgehead atoms. The monoisotopic (exact) mass is 906 g/mol. The maximum atomic E-state index is 12.5. The van der Waals surface area contributed by atoms with E-state index in [4.69, 9.17) is 38.4 Å². The van der Waals surface area contributed by atoms with Crippen LogP contribution in [0.4, 0.5) is 0 Å². The van der Waals surface area contributed by atoms with Crippen LogP contribution in [0, 0.1) is 23.7 Å². The van der Waals surface area contributed by atoms with Gasteiger partial charge in [-0.3, -0.25) is 0 Å². The number of nitrogens with zero attached hydrogens (tertiary/aromatic N) is 2. The molecule has 4 aliphatic heterocycles. The quantitative estimate of drug-likeness (QED) is 0.129. The molecule has 0 fully saturated rings. The third kappa shape index (κ3) is 7.44. The molecule has 0 saturated heterocycles. The SMILES string of the molecule is COC(=O)c1ccc(-c2c3nc(c(C#Cc4scc5c4OCCO5)c4ccc([nH]4)c(-c4ccc(C(=O)OC)cc4)c4nc(c(C#Cc5scc6c5OCCO6)c5ccc2[nH]5)C=C4)C=C3)cc1. The zero-order valence-electron chi connectivity index (χ0n) is 35.2. The number of methoxy groups -OCH3 is 2. The van der Waals surface area contributed by atoms with Crippen molar-refractivity contribution >= 4 is 81.0 Å². The molecule has 0 atom stereocenters. The molecule has 2 N–H and O–H groups in total. The molecule has 14 heteroatoms. The Kier molecular flexibility index (Phi) is 10.4. The average molecular weight is 907 g/mol. The number of benzene rings is 2. The number of hydrogen-bond donors (Lipinski definition) is 2. The number of esters is 2. The Labute approximate surface area is 385 Å². The van der Waals surface area contributed by atoms with Crippen LogP contribution in [0.1, 0.15) is 64.4 Å². The molecule has 4 aliphatic rings. The minimum absolute atomic E-state index is 0.418. The van der Waals surface area contributed by atoms with Gasteiger partial charge in [-0.2, -0.15) is 0 Å². The van der Waals surface area contributed by atoms with Gasteiger partial charge >= 0.3 is 11.9 Å². The molecule has 9 heterocycles. The van der Waals surface area contributed by atoms with E-state index in [2.05, 4.69) is 33.6 Å². The van der Waals surface area contributed by atoms with Crippen molar-refractivity contribution in [3.05, 3.63) is 138 Å². The van der Waals surface area contributed by atoms with E-state index >= 15 is 0 Å². The number of fused-ring (bicyclic) bond motifs is 10. The van der Waals surface area contributed by atoms with Crippen molar-refractivity contribution in [2.24, 2.45) is 0 Å². The number of aromatic nitrogens is 4. The number of carbonyl (C=O) groups excluding carboxylic acids is 2. The fourth-order valence-corrected chi connectivity index (χ4v) is 9.55. The predicted molar refractivity (Wildman–Crippen MR) is 255 cm³/mol. The highest BCUT2D eigenvalue weighted by Crippen LogP contribution is 2.41. The topological polar surface area (TPSA) is 147 Å². The Hall–Kier alpha value is -8.30. The van der Waals surface area contributed by atoms with E-state index in [0.29, 0.717) is 105 Å². The van der Waals surface area contributed by atoms with Crippen molar-refractivity contribution in [2.75, 3.05) is 40.6 Å². The second-order valence-electron chi connectivity index (χ2n) is 15.1. The van der Waals surface area contributed by atoms with Crippen molar-refractivity contribution in [1.29, 1.82) is 0 Å². The fraction of sp³-hybridized carbons (Fsp3) is 0.115. The highest BCUT2D eigenvalue weighted by molar-refractivity contribution is 7.11. The molecule has 5 aromatic heterocycles. The summed E-state index contributed by atoms with van der Waals surface area (Å²) in [5.41, 5.74) is 10.8. The van der Waals surface area contributed by atoms with Crippen molar-refractivity contribution < 1.29 is 38.0 Å². The molecular weight excluding hydrogens is 873 g/mol. The van der Waals surface area contributed by atoms with Crippen LogP contribution in [-0.2, 0) is 9.47 Å². The number of ether oxygens (including phenoxy) is 6. The maximum absolute atomic E-state index is 12.5. The van der Waals surface area contributed by atoms with Gasteiger partial charge in [-0.05, 0) is 95.8 Å². The van der Waals surface area contributed by atoms with Crippen molar-refractivity contribution in [2.45, 2.75) is 0 Å². The van der Waals surface area contributed by atoms with E-state index in [-0.39, 0.29) is 0 Å². The first-order valence-electron chi connectivity index (χ1n) is 20.7. The Morgan fingerprint density at radius 3 is 1.33 bits per heavy atom. The lowest BCUT2D eigenvalue weighted by Crippen LogP contribution is -2.14. The Morgan fingerprint density at radius 1 is 0.515 bits per heavy atom. The minimum Gasteiger partial charge on any atom is -0.485 e. The van der Waals surface area contributed by atoms with Gasteiger partial charge in [-0.25, -0.2) is 19.6 Å². The van der Waals surface area contributed by atoms with E-state index in [1.54, 1.807) is 24.3 Å². The minimum atomic E-state index is -0.436. The number of carbonyl (C=O) groups is 2. The first kappa shape index (κ1) is 40.5. The number of hydrogen-bond acceptors (Lipinski definition) is 12. The molecule has 0 unspecified atom stereocenters. The first-order chi connectivity index (χ1) is 32.4. The average Bonchev–Trinajstić information content (AvgIpc) is 4.24. The molecular formula is C52H34N4O8S2. The molecule has 11 rings (SSSR count). The van der Waals surface area contributed by atoms with Crippen LogP contribution in [0.25, 0.3) is 68.6 Å². The number of H-pyrrole nitrogens is 2. The van der Waals surface area contributed by atoms with Crippen LogP contribution < -0.4 is 18.9 Å². The third-order valence-electron chi connectivity index (χ3n) is 11.1. The molecule has 7 aromatic rings. The summed E-state index contributed by atoms with van der Waals surface area (Å²) in [5.74, 6) is 15.4. The van der Waals surface area contributed by atoms with Gasteiger partial charge in [-0.15, -0.1) is 22.7 Å². The molecule has 2 aromatic carbocycles. The molecule has 322 valence electrons. The zero-order valence-corrected chi connectivity index (χ0v) is 36.8. The second kappa shape index (κ2) is 17.0. The van der Waals surface area contributed by atoms with E-state index in [9.17, 15) is 9.59 Å². The van der Waals surface area contributed by atoms with E-state index in [0.717, 1.165) is 43.0 Å². The number of aromatic amines is 2. The fourth-order valence-electron chi connectivity index (χ4n) is 7.99. The molecule has 0 saturated carbocycles. The van der Waals surface area contributed by atoms with Crippen LogP contribution in [0.3, 0.4) is 0 Å². The van der Waals surface area contributed by atoms with Gasteiger partial charge in [0.2, 0.25) is 0 Å². The van der Waals surface area contributed by atoms with Gasteiger partial charge in [0.25, 0.3) is 0 Å². The summed E-state index contributed by atoms with van der Waals surface area (Å²) in [6.07, 6.45) is 7.83. The third-order valence-corrected chi connectivity index (χ3v) is 12.9. The zero-order chi connectivity index (χ0) is 44.7. The van der Waals surface area contributed by atoms with Gasteiger partial charge in [-0.1, -0.05) is 36.1 Å². The van der Waals surface area contributed by atoms with Crippen molar-refractivity contribution in [3.63, 3.8) is 0 Å². The van der Waals surface area contributed by atoms with Gasteiger partial charge < -0.3 is 38.4 Å². The standard InChI is InChI=1S/C52H34N4O8S2/c1-59-51(57)31-7-3-29(4-8-31)47-39-17-13-35(53-39)33(11-21-45-49-43(27-65-45)61-23-25-63-49)37-15-19-41(55-37)48(30-5-9-32(10-6-30)52(58)60-2)42-20-16-38(56-42)34(36-14-18-40(47)54-36)12-22-46-50-44(28-66-46)62-24-26-64-50/h3-10,13-20,27-28,53,56H,23-26H2,1-2H3. The maximum Gasteiger partial charge on any atom is 0.337 e. The van der Waals surface area contributed by atoms with Gasteiger partial charge in [0, 0.05) is 32.9 Å². The second-order valence-corrected chi connectivity index (χ2v) is 16.8. The van der Waals surface area contributed by atoms with E-state index < -0.39 is 11.9 Å². The Morgan fingerprint density at radius 2 is 0.909 bits per heavy atom. The number of nitrogens with one attached hydrogen (secondary N) is 2. The highest BCUT2D eigenvalue weighted by atomic mass is 32.1. The number of thiophene rings is 2. The Balaban J connectivity index is 1.21. The molecule has 12 nitrogen and oxygen atoms in total. The first-order valence-corrected chi connectivity index (χ1v) is 22.5. The van der Waals surface area contributed by atoms with Crippen LogP contribution in [-0.4, -0.2) is 72.5 Å². The molecule has 0 aliphatic carbocycles. The number of rotatable bonds is 4. The summed E-state index contributed by atoms with van der Waals surface area (Å²) < 4.78 is 33.6. The van der Waals surface area contributed by atoms with E-state index in [1.165, 1.54) is 36.9 Å². The van der Waals surface area contributed by atoms with Crippen molar-refractivity contribution in [1.82, 2.24) is 19.9 Å². The predicted octanol–water partition coefficient (Wildman–Crippen LogP) is 10.0. The summed E-state index contributed by atoms with van der Waals surface area (Å²) in [6, 6.07) is 22.4. The summed E-state index contributed by atoms with van der Waals surface area (Å²) in [4.78, 5) is 44.4. The lowest BCUT2D eigenvalue weighted by Gasteiger charge is -2.14. The summed E-state index contributed by atoms with van der Waals surface area (Å²) in [5, 5.41) is 3.82. The summed E-state index contributed by atoms with van der Waals surface area (Å²) in [7, 11) is 2.72. The summed E-state index contributed by atoms with van der Waals surface area (Å²) in [6.45, 7) is 1.83. The normalized spacial score (nSPS) is 13.0. The molecule has 0 amide bonds. The summed E-state index contributed by atoms with van der Waals surface area (Å²) >= 11 is 2.91.